The lowest BCUT2D eigenvalue weighted by Crippen LogP contribution is -2.37. The first-order valence-electron chi connectivity index (χ1n) is 8.73. The van der Waals surface area contributed by atoms with Crippen LogP contribution in [0.5, 0.6) is 0 Å². The largest absolute Gasteiger partial charge is 0.390 e. The van der Waals surface area contributed by atoms with Crippen molar-refractivity contribution in [2.45, 2.75) is 45.9 Å². The summed E-state index contributed by atoms with van der Waals surface area (Å²) in [5.74, 6) is 0. The summed E-state index contributed by atoms with van der Waals surface area (Å²) < 4.78 is 0. The molecule has 24 heavy (non-hydrogen) atoms. The van der Waals surface area contributed by atoms with Crippen molar-refractivity contribution in [3.8, 4) is 0 Å². The van der Waals surface area contributed by atoms with Crippen LogP contribution in [0.4, 0.5) is 0 Å². The Kier molecular flexibility index (Phi) is 6.98. The molecule has 130 valence electrons. The van der Waals surface area contributed by atoms with Gasteiger partial charge in [-0.05, 0) is 38.8 Å². The Morgan fingerprint density at radius 3 is 1.38 bits per heavy atom. The molecule has 3 nitrogen and oxygen atoms in total. The van der Waals surface area contributed by atoms with E-state index in [0.717, 1.165) is 0 Å². The molecule has 0 aliphatic carbocycles. The molecule has 0 aromatic heterocycles. The number of aliphatic hydroxyl groups excluding tert-OH is 1. The maximum Gasteiger partial charge on any atom is 0.0789 e. The molecule has 0 aliphatic heterocycles. The zero-order valence-electron chi connectivity index (χ0n) is 15.2. The Morgan fingerprint density at radius 1 is 0.708 bits per heavy atom. The molecule has 2 atom stereocenters. The molecule has 0 heterocycles. The zero-order valence-corrected chi connectivity index (χ0v) is 15.2. The van der Waals surface area contributed by atoms with Gasteiger partial charge in [-0.15, -0.1) is 0 Å². The molecule has 0 bridgehead atoms. The summed E-state index contributed by atoms with van der Waals surface area (Å²) in [6.07, 6.45) is -0.411. The number of aryl methyl sites for hydroxylation is 2. The highest BCUT2D eigenvalue weighted by Crippen LogP contribution is 2.14. The second kappa shape index (κ2) is 8.97. The van der Waals surface area contributed by atoms with Crippen LogP contribution in [0.15, 0.2) is 48.5 Å². The van der Waals surface area contributed by atoms with E-state index in [2.05, 4.69) is 86.9 Å². The molecule has 3 heteroatoms. The molecule has 0 aliphatic rings. The van der Waals surface area contributed by atoms with E-state index >= 15 is 0 Å². The van der Waals surface area contributed by atoms with E-state index in [9.17, 15) is 5.11 Å². The van der Waals surface area contributed by atoms with E-state index in [-0.39, 0.29) is 12.1 Å². The van der Waals surface area contributed by atoms with Gasteiger partial charge in [0.15, 0.2) is 0 Å². The van der Waals surface area contributed by atoms with Crippen LogP contribution >= 0.6 is 0 Å². The summed E-state index contributed by atoms with van der Waals surface area (Å²) in [7, 11) is 0. The molecule has 3 N–H and O–H groups in total. The lowest BCUT2D eigenvalue weighted by Gasteiger charge is -2.20. The Hall–Kier alpha value is -1.68. The molecule has 2 aromatic rings. The summed E-state index contributed by atoms with van der Waals surface area (Å²) in [5, 5.41) is 17.0. The average Bonchev–Trinajstić information content (AvgIpc) is 2.58. The maximum absolute atomic E-state index is 10.2. The van der Waals surface area contributed by atoms with E-state index in [1.54, 1.807) is 0 Å². The third-order valence-corrected chi connectivity index (χ3v) is 4.47. The number of nitrogens with one attached hydrogen (secondary N) is 2. The number of benzene rings is 2. The minimum atomic E-state index is -0.411. The van der Waals surface area contributed by atoms with Crippen LogP contribution in [0.3, 0.4) is 0 Å². The van der Waals surface area contributed by atoms with Gasteiger partial charge < -0.3 is 15.7 Å². The van der Waals surface area contributed by atoms with E-state index in [1.807, 2.05) is 0 Å². The van der Waals surface area contributed by atoms with Crippen molar-refractivity contribution in [2.24, 2.45) is 0 Å². The Labute approximate surface area is 146 Å². The van der Waals surface area contributed by atoms with E-state index in [0.29, 0.717) is 13.1 Å². The fraction of sp³-hybridized carbons (Fsp3) is 0.429. The molecular formula is C21H30N2O. The molecule has 0 saturated heterocycles. The van der Waals surface area contributed by atoms with Crippen LogP contribution in [0.2, 0.25) is 0 Å². The third-order valence-electron chi connectivity index (χ3n) is 4.47. The van der Waals surface area contributed by atoms with Crippen LogP contribution in [-0.4, -0.2) is 24.3 Å². The molecule has 0 fully saturated rings. The van der Waals surface area contributed by atoms with Gasteiger partial charge in [-0.3, -0.25) is 0 Å². The van der Waals surface area contributed by atoms with Gasteiger partial charge >= 0.3 is 0 Å². The van der Waals surface area contributed by atoms with Gasteiger partial charge in [0.2, 0.25) is 0 Å². The molecule has 0 spiro atoms. The monoisotopic (exact) mass is 326 g/mol. The number of rotatable bonds is 8. The smallest absolute Gasteiger partial charge is 0.0789 e. The van der Waals surface area contributed by atoms with Gasteiger partial charge in [-0.1, -0.05) is 59.7 Å². The molecule has 2 rings (SSSR count). The van der Waals surface area contributed by atoms with Gasteiger partial charge in [0.1, 0.15) is 0 Å². The fourth-order valence-corrected chi connectivity index (χ4v) is 2.64. The van der Waals surface area contributed by atoms with Gasteiger partial charge in [0, 0.05) is 25.2 Å². The molecule has 2 aromatic carbocycles. The molecule has 0 saturated carbocycles. The highest BCUT2D eigenvalue weighted by atomic mass is 16.3. The normalized spacial score (nSPS) is 13.9. The van der Waals surface area contributed by atoms with Crippen LogP contribution in [0.25, 0.3) is 0 Å². The number of hydrogen-bond acceptors (Lipinski definition) is 3. The average molecular weight is 326 g/mol. The van der Waals surface area contributed by atoms with Crippen molar-refractivity contribution < 1.29 is 5.11 Å². The second-order valence-corrected chi connectivity index (χ2v) is 6.74. The Morgan fingerprint density at radius 2 is 1.04 bits per heavy atom. The van der Waals surface area contributed by atoms with Crippen LogP contribution in [-0.2, 0) is 0 Å². The minimum Gasteiger partial charge on any atom is -0.390 e. The Bertz CT molecular complexity index is 551. The maximum atomic E-state index is 10.2. The van der Waals surface area contributed by atoms with Gasteiger partial charge in [0.05, 0.1) is 6.10 Å². The van der Waals surface area contributed by atoms with Crippen molar-refractivity contribution >= 4 is 0 Å². The van der Waals surface area contributed by atoms with Crippen LogP contribution in [0, 0.1) is 13.8 Å². The van der Waals surface area contributed by atoms with E-state index < -0.39 is 6.10 Å². The Balaban J connectivity index is 1.73. The standard InChI is InChI=1S/C21H30N2O/c1-15-5-9-19(10-6-15)17(3)22-13-21(24)14-23-18(4)20-11-7-16(2)8-12-20/h5-12,17-18,21-24H,13-14H2,1-4H3/t17-,18-/m0/s1. The SMILES string of the molecule is Cc1ccc([C@H](C)NCC(O)CN[C@@H](C)c2ccc(C)cc2)cc1. The van der Waals surface area contributed by atoms with Gasteiger partial charge in [-0.25, -0.2) is 0 Å². The lowest BCUT2D eigenvalue weighted by molar-refractivity contribution is 0.161. The summed E-state index contributed by atoms with van der Waals surface area (Å²) in [6.45, 7) is 9.57. The highest BCUT2D eigenvalue weighted by molar-refractivity contribution is 5.24. The summed E-state index contributed by atoms with van der Waals surface area (Å²) in [6, 6.07) is 17.5. The lowest BCUT2D eigenvalue weighted by atomic mass is 10.1. The zero-order chi connectivity index (χ0) is 17.5. The van der Waals surface area contributed by atoms with Crippen molar-refractivity contribution in [3.05, 3.63) is 70.8 Å². The third kappa shape index (κ3) is 5.75. The van der Waals surface area contributed by atoms with Crippen LogP contribution < -0.4 is 10.6 Å². The number of hydrogen-bond donors (Lipinski definition) is 3. The summed E-state index contributed by atoms with van der Waals surface area (Å²) in [5.41, 5.74) is 5.02. The highest BCUT2D eigenvalue weighted by Gasteiger charge is 2.11. The van der Waals surface area contributed by atoms with E-state index in [4.69, 9.17) is 0 Å². The first kappa shape index (κ1) is 18.7. The molecule has 0 unspecified atom stereocenters. The number of aliphatic hydroxyl groups is 1. The summed E-state index contributed by atoms with van der Waals surface area (Å²) >= 11 is 0. The first-order chi connectivity index (χ1) is 11.5. The second-order valence-electron chi connectivity index (χ2n) is 6.74. The summed E-state index contributed by atoms with van der Waals surface area (Å²) in [4.78, 5) is 0. The van der Waals surface area contributed by atoms with Gasteiger partial charge in [0.25, 0.3) is 0 Å². The molecule has 0 amide bonds. The van der Waals surface area contributed by atoms with Crippen molar-refractivity contribution in [1.82, 2.24) is 10.6 Å². The molecule has 0 radical (unpaired) electrons. The van der Waals surface area contributed by atoms with Crippen molar-refractivity contribution in [3.63, 3.8) is 0 Å². The van der Waals surface area contributed by atoms with Gasteiger partial charge in [-0.2, -0.15) is 0 Å². The van der Waals surface area contributed by atoms with E-state index in [1.165, 1.54) is 22.3 Å². The predicted molar refractivity (Wildman–Crippen MR) is 101 cm³/mol. The quantitative estimate of drug-likeness (QED) is 0.693. The minimum absolute atomic E-state index is 0.231. The van der Waals surface area contributed by atoms with Crippen LogP contribution in [0.1, 0.15) is 48.2 Å². The first-order valence-corrected chi connectivity index (χ1v) is 8.73. The topological polar surface area (TPSA) is 44.3 Å². The fourth-order valence-electron chi connectivity index (χ4n) is 2.64. The molecular weight excluding hydrogens is 296 g/mol. The van der Waals surface area contributed by atoms with Crippen molar-refractivity contribution in [2.75, 3.05) is 13.1 Å². The predicted octanol–water partition coefficient (Wildman–Crippen LogP) is 3.67. The van der Waals surface area contributed by atoms with Crippen molar-refractivity contribution in [1.29, 1.82) is 0 Å².